The Morgan fingerprint density at radius 2 is 1.95 bits per heavy atom. The van der Waals surface area contributed by atoms with Crippen molar-refractivity contribution in [3.05, 3.63) is 45.8 Å². The first-order chi connectivity index (χ1) is 10.0. The molecule has 0 saturated carbocycles. The molecule has 2 N–H and O–H groups in total. The SMILES string of the molecule is Cc1ccc(CNC(=O)NCc2cccc(N(C)C)n2)s1. The lowest BCUT2D eigenvalue weighted by atomic mass is 10.3. The zero-order valence-electron chi connectivity index (χ0n) is 12.5. The minimum atomic E-state index is -0.182. The van der Waals surface area contributed by atoms with Crippen LogP contribution in [0, 0.1) is 6.92 Å². The van der Waals surface area contributed by atoms with Crippen LogP contribution in [0.1, 0.15) is 15.4 Å². The number of anilines is 1. The van der Waals surface area contributed by atoms with Crippen molar-refractivity contribution < 1.29 is 4.79 Å². The molecule has 21 heavy (non-hydrogen) atoms. The number of hydrogen-bond acceptors (Lipinski definition) is 4. The standard InChI is InChI=1S/C15H20N4OS/c1-11-7-8-13(21-11)10-17-15(20)16-9-12-5-4-6-14(18-12)19(2)3/h4-8H,9-10H2,1-3H3,(H2,16,17,20). The van der Waals surface area contributed by atoms with E-state index in [1.165, 1.54) is 4.88 Å². The lowest BCUT2D eigenvalue weighted by Crippen LogP contribution is -2.34. The van der Waals surface area contributed by atoms with Gasteiger partial charge in [-0.15, -0.1) is 11.3 Å². The monoisotopic (exact) mass is 304 g/mol. The molecular formula is C15H20N4OS. The van der Waals surface area contributed by atoms with Gasteiger partial charge in [-0.3, -0.25) is 0 Å². The molecule has 0 atom stereocenters. The number of hydrogen-bond donors (Lipinski definition) is 2. The number of carbonyl (C=O) groups excluding carboxylic acids is 1. The molecule has 0 aliphatic carbocycles. The van der Waals surface area contributed by atoms with Gasteiger partial charge in [0.25, 0.3) is 0 Å². The molecule has 0 spiro atoms. The second-order valence-corrected chi connectivity index (χ2v) is 6.30. The third-order valence-electron chi connectivity index (χ3n) is 2.90. The van der Waals surface area contributed by atoms with Crippen LogP contribution in [0.4, 0.5) is 10.6 Å². The van der Waals surface area contributed by atoms with Crippen molar-refractivity contribution >= 4 is 23.2 Å². The van der Waals surface area contributed by atoms with Crippen LogP contribution in [0.3, 0.4) is 0 Å². The number of aryl methyl sites for hydroxylation is 1. The molecule has 0 aliphatic heterocycles. The molecule has 2 aromatic rings. The van der Waals surface area contributed by atoms with E-state index in [0.717, 1.165) is 16.4 Å². The highest BCUT2D eigenvalue weighted by molar-refractivity contribution is 7.11. The fourth-order valence-electron chi connectivity index (χ4n) is 1.80. The number of nitrogens with one attached hydrogen (secondary N) is 2. The van der Waals surface area contributed by atoms with E-state index in [4.69, 9.17) is 0 Å². The van der Waals surface area contributed by atoms with Gasteiger partial charge in [0.15, 0.2) is 0 Å². The maximum Gasteiger partial charge on any atom is 0.315 e. The van der Waals surface area contributed by atoms with Crippen LogP contribution in [0.15, 0.2) is 30.3 Å². The Bertz CT molecular complexity index is 609. The van der Waals surface area contributed by atoms with Crippen molar-refractivity contribution in [3.63, 3.8) is 0 Å². The van der Waals surface area contributed by atoms with Crippen molar-refractivity contribution in [2.75, 3.05) is 19.0 Å². The molecule has 2 amide bonds. The Hall–Kier alpha value is -2.08. The zero-order valence-corrected chi connectivity index (χ0v) is 13.3. The molecule has 112 valence electrons. The highest BCUT2D eigenvalue weighted by atomic mass is 32.1. The van der Waals surface area contributed by atoms with E-state index in [9.17, 15) is 4.79 Å². The molecular weight excluding hydrogens is 284 g/mol. The first-order valence-corrected chi connectivity index (χ1v) is 7.56. The van der Waals surface area contributed by atoms with Gasteiger partial charge < -0.3 is 15.5 Å². The molecule has 2 aromatic heterocycles. The Morgan fingerprint density at radius 3 is 2.62 bits per heavy atom. The summed E-state index contributed by atoms with van der Waals surface area (Å²) in [5, 5.41) is 5.66. The van der Waals surface area contributed by atoms with Gasteiger partial charge in [-0.1, -0.05) is 6.07 Å². The summed E-state index contributed by atoms with van der Waals surface area (Å²) in [4.78, 5) is 20.5. The number of rotatable bonds is 5. The van der Waals surface area contributed by atoms with E-state index in [0.29, 0.717) is 13.1 Å². The van der Waals surface area contributed by atoms with E-state index in [1.807, 2.05) is 43.3 Å². The molecule has 0 radical (unpaired) electrons. The zero-order chi connectivity index (χ0) is 15.2. The van der Waals surface area contributed by atoms with Crippen molar-refractivity contribution in [1.82, 2.24) is 15.6 Å². The molecule has 5 nitrogen and oxygen atoms in total. The van der Waals surface area contributed by atoms with Crippen LogP contribution in [0.2, 0.25) is 0 Å². The number of thiophene rings is 1. The molecule has 0 aromatic carbocycles. The van der Waals surface area contributed by atoms with Gasteiger partial charge in [-0.25, -0.2) is 9.78 Å². The van der Waals surface area contributed by atoms with Crippen molar-refractivity contribution in [1.29, 1.82) is 0 Å². The van der Waals surface area contributed by atoms with Gasteiger partial charge in [-0.05, 0) is 31.2 Å². The fraction of sp³-hybridized carbons (Fsp3) is 0.333. The minimum absolute atomic E-state index is 0.182. The second kappa shape index (κ2) is 7.08. The van der Waals surface area contributed by atoms with E-state index in [-0.39, 0.29) is 6.03 Å². The molecule has 2 heterocycles. The average molecular weight is 304 g/mol. The maximum atomic E-state index is 11.8. The fourth-order valence-corrected chi connectivity index (χ4v) is 2.63. The van der Waals surface area contributed by atoms with E-state index in [2.05, 4.69) is 28.6 Å². The maximum absolute atomic E-state index is 11.8. The predicted octanol–water partition coefficient (Wildman–Crippen LogP) is 2.52. The number of carbonyl (C=O) groups is 1. The quantitative estimate of drug-likeness (QED) is 0.892. The molecule has 0 bridgehead atoms. The number of amides is 2. The van der Waals surface area contributed by atoms with Crippen LogP contribution in [-0.2, 0) is 13.1 Å². The Morgan fingerprint density at radius 1 is 1.19 bits per heavy atom. The highest BCUT2D eigenvalue weighted by Crippen LogP contribution is 2.14. The normalized spacial score (nSPS) is 10.2. The summed E-state index contributed by atoms with van der Waals surface area (Å²) >= 11 is 1.69. The number of urea groups is 1. The Balaban J connectivity index is 1.79. The molecule has 0 aliphatic rings. The van der Waals surface area contributed by atoms with Crippen molar-refractivity contribution in [2.45, 2.75) is 20.0 Å². The largest absolute Gasteiger partial charge is 0.363 e. The number of nitrogens with zero attached hydrogens (tertiary/aromatic N) is 2. The van der Waals surface area contributed by atoms with Gasteiger partial charge in [0.1, 0.15) is 5.82 Å². The molecule has 0 fully saturated rings. The van der Waals surface area contributed by atoms with Crippen LogP contribution in [-0.4, -0.2) is 25.1 Å². The third kappa shape index (κ3) is 4.75. The van der Waals surface area contributed by atoms with E-state index in [1.54, 1.807) is 11.3 Å². The second-order valence-electron chi connectivity index (χ2n) is 4.93. The highest BCUT2D eigenvalue weighted by Gasteiger charge is 2.04. The third-order valence-corrected chi connectivity index (χ3v) is 3.90. The summed E-state index contributed by atoms with van der Waals surface area (Å²) in [5.41, 5.74) is 0.836. The summed E-state index contributed by atoms with van der Waals surface area (Å²) < 4.78 is 0. The van der Waals surface area contributed by atoms with Crippen LogP contribution < -0.4 is 15.5 Å². The van der Waals surface area contributed by atoms with Crippen LogP contribution in [0.25, 0.3) is 0 Å². The first kappa shape index (κ1) is 15.3. The lowest BCUT2D eigenvalue weighted by molar-refractivity contribution is 0.240. The molecule has 0 unspecified atom stereocenters. The summed E-state index contributed by atoms with van der Waals surface area (Å²) in [6.45, 7) is 3.02. The topological polar surface area (TPSA) is 57.3 Å². The van der Waals surface area contributed by atoms with Gasteiger partial charge in [0, 0.05) is 23.8 Å². The van der Waals surface area contributed by atoms with Crippen molar-refractivity contribution in [2.24, 2.45) is 0 Å². The van der Waals surface area contributed by atoms with E-state index >= 15 is 0 Å². The number of aromatic nitrogens is 1. The predicted molar refractivity (Wildman–Crippen MR) is 86.7 cm³/mol. The summed E-state index contributed by atoms with van der Waals surface area (Å²) in [7, 11) is 3.88. The van der Waals surface area contributed by atoms with Gasteiger partial charge in [0.05, 0.1) is 18.8 Å². The molecule has 0 saturated heterocycles. The number of pyridine rings is 1. The average Bonchev–Trinajstić information content (AvgIpc) is 2.89. The summed E-state index contributed by atoms with van der Waals surface area (Å²) in [5.74, 6) is 0.878. The van der Waals surface area contributed by atoms with Gasteiger partial charge in [-0.2, -0.15) is 0 Å². The smallest absolute Gasteiger partial charge is 0.315 e. The summed E-state index contributed by atoms with van der Waals surface area (Å²) in [6, 6.07) is 9.67. The van der Waals surface area contributed by atoms with Gasteiger partial charge >= 0.3 is 6.03 Å². The van der Waals surface area contributed by atoms with Crippen molar-refractivity contribution in [3.8, 4) is 0 Å². The van der Waals surface area contributed by atoms with Gasteiger partial charge in [0.2, 0.25) is 0 Å². The van der Waals surface area contributed by atoms with Crippen LogP contribution in [0.5, 0.6) is 0 Å². The lowest BCUT2D eigenvalue weighted by Gasteiger charge is -2.12. The van der Waals surface area contributed by atoms with Crippen LogP contribution >= 0.6 is 11.3 Å². The Kier molecular flexibility index (Phi) is 5.16. The summed E-state index contributed by atoms with van der Waals surface area (Å²) in [6.07, 6.45) is 0. The Labute approximate surface area is 129 Å². The van der Waals surface area contributed by atoms with E-state index < -0.39 is 0 Å². The minimum Gasteiger partial charge on any atom is -0.363 e. The molecule has 2 rings (SSSR count). The first-order valence-electron chi connectivity index (χ1n) is 6.75. The molecule has 6 heteroatoms.